The number of carbonyl (C=O) groups excluding carboxylic acids is 2. The Balaban J connectivity index is 1.13. The Hall–Kier alpha value is -1.74. The van der Waals surface area contributed by atoms with E-state index in [4.69, 9.17) is 9.26 Å². The van der Waals surface area contributed by atoms with Crippen LogP contribution in [0.1, 0.15) is 101 Å². The maximum Gasteiger partial charge on any atom is 0.291 e. The van der Waals surface area contributed by atoms with Crippen molar-refractivity contribution in [2.24, 2.45) is 29.1 Å². The highest BCUT2D eigenvalue weighted by atomic mass is 32.2. The van der Waals surface area contributed by atoms with E-state index >= 15 is 0 Å². The van der Waals surface area contributed by atoms with E-state index in [9.17, 15) is 9.59 Å². The van der Waals surface area contributed by atoms with Gasteiger partial charge in [-0.15, -0.1) is 11.8 Å². The summed E-state index contributed by atoms with van der Waals surface area (Å²) in [6, 6.07) is 0.583. The van der Waals surface area contributed by atoms with Gasteiger partial charge < -0.3 is 25.2 Å². The fraction of sp³-hybridized carbons (Fsp3) is 0.833. The molecule has 216 valence electrons. The summed E-state index contributed by atoms with van der Waals surface area (Å²) >= 11 is 1.68. The number of aromatic nitrogens is 1. The minimum Gasteiger partial charge on any atom is -0.474 e. The Kier molecular flexibility index (Phi) is 8.18. The first-order valence-corrected chi connectivity index (χ1v) is 16.4. The van der Waals surface area contributed by atoms with Crippen molar-refractivity contribution in [1.82, 2.24) is 21.1 Å². The molecular formula is C30H46N4O4S. The van der Waals surface area contributed by atoms with E-state index in [1.54, 1.807) is 11.8 Å². The van der Waals surface area contributed by atoms with Crippen LogP contribution in [0.5, 0.6) is 5.88 Å². The zero-order valence-corrected chi connectivity index (χ0v) is 24.5. The van der Waals surface area contributed by atoms with Gasteiger partial charge in [0.1, 0.15) is 11.5 Å². The van der Waals surface area contributed by atoms with Crippen LogP contribution in [-0.2, 0) is 4.79 Å². The first-order valence-electron chi connectivity index (χ1n) is 15.5. The lowest BCUT2D eigenvalue weighted by atomic mass is 9.54. The van der Waals surface area contributed by atoms with Gasteiger partial charge in [0.15, 0.2) is 0 Å². The number of amides is 2. The molecule has 8 nitrogen and oxygen atoms in total. The number of thioether (sulfide) groups is 1. The van der Waals surface area contributed by atoms with Gasteiger partial charge >= 0.3 is 0 Å². The smallest absolute Gasteiger partial charge is 0.291 e. The molecule has 6 fully saturated rings. The van der Waals surface area contributed by atoms with Gasteiger partial charge in [-0.1, -0.05) is 19.3 Å². The van der Waals surface area contributed by atoms with Crippen LogP contribution in [-0.4, -0.2) is 54.0 Å². The van der Waals surface area contributed by atoms with Gasteiger partial charge in [0.05, 0.1) is 5.41 Å². The van der Waals surface area contributed by atoms with Gasteiger partial charge in [-0.05, 0) is 107 Å². The molecule has 2 amide bonds. The predicted octanol–water partition coefficient (Wildman–Crippen LogP) is 4.93. The summed E-state index contributed by atoms with van der Waals surface area (Å²) in [7, 11) is 0. The van der Waals surface area contributed by atoms with Gasteiger partial charge in [0.2, 0.25) is 11.7 Å². The minimum absolute atomic E-state index is 0.0407. The van der Waals surface area contributed by atoms with Crippen molar-refractivity contribution < 1.29 is 18.8 Å². The average molecular weight is 559 g/mol. The summed E-state index contributed by atoms with van der Waals surface area (Å²) in [5.41, 5.74) is -0.743. The Bertz CT molecular complexity index is 1000. The van der Waals surface area contributed by atoms with Crippen LogP contribution in [0.25, 0.3) is 0 Å². The monoisotopic (exact) mass is 558 g/mol. The number of ether oxygens (including phenoxy) is 1. The first-order chi connectivity index (χ1) is 18.9. The topological polar surface area (TPSA) is 105 Å². The molecule has 3 N–H and O–H groups in total. The Morgan fingerprint density at radius 1 is 1.03 bits per heavy atom. The van der Waals surface area contributed by atoms with Crippen LogP contribution in [0, 0.1) is 29.1 Å². The van der Waals surface area contributed by atoms with E-state index in [2.05, 4.69) is 21.1 Å². The number of rotatable bonds is 10. The lowest BCUT2D eigenvalue weighted by Gasteiger charge is -2.54. The van der Waals surface area contributed by atoms with Gasteiger partial charge in [-0.25, -0.2) is 0 Å². The molecular weight excluding hydrogens is 512 g/mol. The van der Waals surface area contributed by atoms with E-state index in [0.717, 1.165) is 44.1 Å². The molecule has 2 heterocycles. The number of carbonyl (C=O) groups is 2. The predicted molar refractivity (Wildman–Crippen MR) is 151 cm³/mol. The third-order valence-corrected chi connectivity index (χ3v) is 11.4. The van der Waals surface area contributed by atoms with Crippen molar-refractivity contribution in [3.05, 3.63) is 5.76 Å². The van der Waals surface area contributed by atoms with Crippen LogP contribution in [0.3, 0.4) is 0 Å². The fourth-order valence-corrected chi connectivity index (χ4v) is 9.37. The summed E-state index contributed by atoms with van der Waals surface area (Å²) in [4.78, 5) is 27.3. The maximum atomic E-state index is 13.6. The Morgan fingerprint density at radius 2 is 1.74 bits per heavy atom. The van der Waals surface area contributed by atoms with Crippen LogP contribution >= 0.6 is 11.8 Å². The maximum absolute atomic E-state index is 13.6. The highest BCUT2D eigenvalue weighted by molar-refractivity contribution is 8.00. The molecule has 1 aromatic heterocycles. The zero-order chi connectivity index (χ0) is 27.0. The second-order valence-corrected chi connectivity index (χ2v) is 14.9. The molecule has 5 aliphatic carbocycles. The molecule has 0 spiro atoms. The molecule has 1 atom stereocenters. The molecule has 7 rings (SSSR count). The molecule has 5 saturated carbocycles. The van der Waals surface area contributed by atoms with E-state index in [0.29, 0.717) is 40.4 Å². The summed E-state index contributed by atoms with van der Waals surface area (Å²) in [5, 5.41) is 14.5. The van der Waals surface area contributed by atoms with Gasteiger partial charge in [-0.3, -0.25) is 9.59 Å². The standard InChI is InChI=1S/C30H46N4O4S/c1-30(2,29(36)32-16-22-7-6-10-31-22)17-37-28-26(39-23-8-4-3-5-9-23)25(38-34-28)27(35)33-24-20-12-18-11-19(14-20)15-21(24)13-18/h18-24,31H,3-17H2,1-2H3,(H,32,36)(H,33,35)/t18?,19?,20?,21?,22-,24?/m1/s1. The first kappa shape index (κ1) is 27.4. The average Bonchev–Trinajstić information content (AvgIpc) is 3.58. The third-order valence-electron chi connectivity index (χ3n) is 10.0. The quantitative estimate of drug-likeness (QED) is 0.374. The molecule has 4 bridgehead atoms. The van der Waals surface area contributed by atoms with Gasteiger partial charge in [-0.2, -0.15) is 0 Å². The van der Waals surface area contributed by atoms with Crippen molar-refractivity contribution in [2.75, 3.05) is 19.7 Å². The molecule has 39 heavy (non-hydrogen) atoms. The molecule has 1 aliphatic heterocycles. The van der Waals surface area contributed by atoms with Gasteiger partial charge in [0, 0.05) is 23.9 Å². The minimum atomic E-state index is -0.743. The van der Waals surface area contributed by atoms with Crippen molar-refractivity contribution in [3.63, 3.8) is 0 Å². The van der Waals surface area contributed by atoms with Crippen molar-refractivity contribution in [2.45, 2.75) is 113 Å². The van der Waals surface area contributed by atoms with Crippen LogP contribution in [0.2, 0.25) is 0 Å². The molecule has 6 aliphatic rings. The van der Waals surface area contributed by atoms with Crippen LogP contribution in [0.15, 0.2) is 9.42 Å². The normalized spacial score (nSPS) is 32.4. The van der Waals surface area contributed by atoms with E-state index in [1.807, 2.05) is 13.8 Å². The number of nitrogens with zero attached hydrogens (tertiary/aromatic N) is 1. The molecule has 0 unspecified atom stereocenters. The second-order valence-electron chi connectivity index (χ2n) is 13.6. The summed E-state index contributed by atoms with van der Waals surface area (Å²) < 4.78 is 11.9. The highest BCUT2D eigenvalue weighted by Crippen LogP contribution is 2.54. The molecule has 1 saturated heterocycles. The molecule has 0 aromatic carbocycles. The molecule has 1 aromatic rings. The van der Waals surface area contributed by atoms with Crippen molar-refractivity contribution in [1.29, 1.82) is 0 Å². The largest absolute Gasteiger partial charge is 0.474 e. The number of hydrogen-bond donors (Lipinski definition) is 3. The summed E-state index contributed by atoms with van der Waals surface area (Å²) in [6.07, 6.45) is 14.6. The Morgan fingerprint density at radius 3 is 2.41 bits per heavy atom. The SMILES string of the molecule is CC(C)(COc1noc(C(=O)NC2C3CC4CC(C3)CC2C4)c1SC1CCCCC1)C(=O)NC[C@H]1CCCN1. The summed E-state index contributed by atoms with van der Waals surface area (Å²) in [5.74, 6) is 3.34. The number of nitrogens with one attached hydrogen (secondary N) is 3. The lowest BCUT2D eigenvalue weighted by Crippen LogP contribution is -2.55. The Labute approximate surface area is 236 Å². The highest BCUT2D eigenvalue weighted by Gasteiger charge is 2.49. The van der Waals surface area contributed by atoms with E-state index in [1.165, 1.54) is 51.4 Å². The third kappa shape index (κ3) is 6.14. The number of hydrogen-bond acceptors (Lipinski definition) is 7. The van der Waals surface area contributed by atoms with E-state index < -0.39 is 5.41 Å². The van der Waals surface area contributed by atoms with Gasteiger partial charge in [0.25, 0.3) is 11.8 Å². The lowest BCUT2D eigenvalue weighted by molar-refractivity contribution is -0.131. The van der Waals surface area contributed by atoms with Crippen LogP contribution < -0.4 is 20.7 Å². The summed E-state index contributed by atoms with van der Waals surface area (Å²) in [6.45, 7) is 5.58. The van der Waals surface area contributed by atoms with Crippen molar-refractivity contribution in [3.8, 4) is 5.88 Å². The van der Waals surface area contributed by atoms with Crippen molar-refractivity contribution >= 4 is 23.6 Å². The molecule has 0 radical (unpaired) electrons. The fourth-order valence-electron chi connectivity index (χ4n) is 8.04. The molecule has 9 heteroatoms. The second kappa shape index (κ2) is 11.6. The van der Waals surface area contributed by atoms with Crippen LogP contribution in [0.4, 0.5) is 0 Å². The zero-order valence-electron chi connectivity index (χ0n) is 23.6. The van der Waals surface area contributed by atoms with E-state index in [-0.39, 0.29) is 30.2 Å².